The molecule has 4 aliphatic rings. The highest BCUT2D eigenvalue weighted by atomic mass is 16.2. The molecule has 166 valence electrons. The van der Waals surface area contributed by atoms with Crippen molar-refractivity contribution < 1.29 is 14.4 Å². The van der Waals surface area contributed by atoms with E-state index in [9.17, 15) is 14.4 Å². The molecule has 2 bridgehead atoms. The minimum atomic E-state index is -0.559. The summed E-state index contributed by atoms with van der Waals surface area (Å²) in [5, 5.41) is 2.36. The number of piperidine rings is 2. The molecule has 1 aromatic rings. The van der Waals surface area contributed by atoms with Gasteiger partial charge in [0.2, 0.25) is 11.8 Å². The first-order valence-electron chi connectivity index (χ1n) is 11.7. The van der Waals surface area contributed by atoms with Crippen LogP contribution in [0.5, 0.6) is 0 Å². The standard InChI is InChI=1S/C24H32N4O3/c25-22-17-4-2-1-3-5-18(22)13-27(12-17)11-15-6-7-16-14-28(24(31)19(16)10-15)20-8-9-21(29)26-23(20)30/h6-7,10,17-18,20,22H,1-5,8-9,11-14,25H2,(H,26,29,30). The number of benzene rings is 1. The molecule has 3 fully saturated rings. The van der Waals surface area contributed by atoms with Crippen molar-refractivity contribution >= 4 is 17.7 Å². The fourth-order valence-electron chi connectivity index (χ4n) is 6.01. The zero-order valence-electron chi connectivity index (χ0n) is 18.0. The summed E-state index contributed by atoms with van der Waals surface area (Å²) in [7, 11) is 0. The third-order valence-electron chi connectivity index (χ3n) is 7.72. The summed E-state index contributed by atoms with van der Waals surface area (Å²) in [4.78, 5) is 40.9. The van der Waals surface area contributed by atoms with Gasteiger partial charge in [-0.25, -0.2) is 0 Å². The van der Waals surface area contributed by atoms with E-state index in [1.807, 2.05) is 12.1 Å². The topological polar surface area (TPSA) is 95.7 Å². The number of fused-ring (bicyclic) bond motifs is 3. The number of nitrogens with one attached hydrogen (secondary N) is 1. The second-order valence-electron chi connectivity index (χ2n) is 9.82. The van der Waals surface area contributed by atoms with Crippen LogP contribution in [0.15, 0.2) is 18.2 Å². The normalized spacial score (nSPS) is 31.8. The Morgan fingerprint density at radius 1 is 1.00 bits per heavy atom. The van der Waals surface area contributed by atoms with Crippen molar-refractivity contribution in [3.05, 3.63) is 34.9 Å². The van der Waals surface area contributed by atoms with Crippen LogP contribution in [0.2, 0.25) is 0 Å². The predicted molar refractivity (Wildman–Crippen MR) is 116 cm³/mol. The number of hydrogen-bond donors (Lipinski definition) is 2. The first kappa shape index (κ1) is 20.6. The molecule has 7 heteroatoms. The lowest BCUT2D eigenvalue weighted by Gasteiger charge is -2.44. The highest BCUT2D eigenvalue weighted by Gasteiger charge is 2.39. The molecule has 7 nitrogen and oxygen atoms in total. The number of amides is 3. The average molecular weight is 425 g/mol. The van der Waals surface area contributed by atoms with Gasteiger partial charge in [0.25, 0.3) is 5.91 Å². The van der Waals surface area contributed by atoms with Crippen molar-refractivity contribution in [3.63, 3.8) is 0 Å². The maximum Gasteiger partial charge on any atom is 0.255 e. The number of imide groups is 1. The molecule has 3 N–H and O–H groups in total. The largest absolute Gasteiger partial charge is 0.327 e. The fraction of sp³-hybridized carbons (Fsp3) is 0.625. The summed E-state index contributed by atoms with van der Waals surface area (Å²) >= 11 is 0. The molecule has 1 aliphatic carbocycles. The first-order valence-corrected chi connectivity index (χ1v) is 11.7. The number of carbonyl (C=O) groups excluding carboxylic acids is 3. The van der Waals surface area contributed by atoms with Gasteiger partial charge < -0.3 is 10.6 Å². The van der Waals surface area contributed by atoms with Crippen molar-refractivity contribution in [1.82, 2.24) is 15.1 Å². The second kappa shape index (κ2) is 8.36. The Hall–Kier alpha value is -2.25. The van der Waals surface area contributed by atoms with Crippen LogP contribution in [0.25, 0.3) is 0 Å². The van der Waals surface area contributed by atoms with Crippen LogP contribution in [-0.2, 0) is 22.7 Å². The van der Waals surface area contributed by atoms with Gasteiger partial charge in [-0.1, -0.05) is 31.4 Å². The molecule has 0 spiro atoms. The molecular formula is C24H32N4O3. The molecule has 3 unspecified atom stereocenters. The van der Waals surface area contributed by atoms with Gasteiger partial charge in [0.15, 0.2) is 0 Å². The number of rotatable bonds is 3. The number of hydrogen-bond acceptors (Lipinski definition) is 5. The maximum atomic E-state index is 13.1. The van der Waals surface area contributed by atoms with E-state index in [2.05, 4.69) is 16.3 Å². The van der Waals surface area contributed by atoms with E-state index in [0.29, 0.717) is 36.4 Å². The Labute approximate surface area is 183 Å². The number of carbonyl (C=O) groups is 3. The van der Waals surface area contributed by atoms with E-state index >= 15 is 0 Å². The molecule has 1 aromatic carbocycles. The Kier molecular flexibility index (Phi) is 5.56. The zero-order valence-corrected chi connectivity index (χ0v) is 18.0. The molecule has 5 rings (SSSR count). The van der Waals surface area contributed by atoms with Crippen LogP contribution in [0.4, 0.5) is 0 Å². The lowest BCUT2D eigenvalue weighted by Crippen LogP contribution is -2.53. The van der Waals surface area contributed by atoms with Gasteiger partial charge in [-0.15, -0.1) is 0 Å². The fourth-order valence-corrected chi connectivity index (χ4v) is 6.01. The van der Waals surface area contributed by atoms with Crippen molar-refractivity contribution in [2.24, 2.45) is 17.6 Å². The van der Waals surface area contributed by atoms with E-state index in [4.69, 9.17) is 5.73 Å². The maximum absolute atomic E-state index is 13.1. The minimum absolute atomic E-state index is 0.0998. The summed E-state index contributed by atoms with van der Waals surface area (Å²) in [6.45, 7) is 3.33. The quantitative estimate of drug-likeness (QED) is 0.722. The van der Waals surface area contributed by atoms with Crippen LogP contribution in [0.1, 0.15) is 66.4 Å². The average Bonchev–Trinajstić information content (AvgIpc) is 3.06. The molecule has 0 aromatic heterocycles. The summed E-state index contributed by atoms with van der Waals surface area (Å²) in [6.07, 6.45) is 7.01. The third kappa shape index (κ3) is 4.01. The highest BCUT2D eigenvalue weighted by Crippen LogP contribution is 2.33. The van der Waals surface area contributed by atoms with Crippen LogP contribution >= 0.6 is 0 Å². The summed E-state index contributed by atoms with van der Waals surface area (Å²) in [5.74, 6) is 0.416. The SMILES string of the molecule is NC1C2CCCCCC1CN(Cc1ccc3c(c1)C(=O)N(C1CCC(=O)NC1=O)C3)C2. The molecule has 3 amide bonds. The monoisotopic (exact) mass is 424 g/mol. The Morgan fingerprint density at radius 3 is 2.45 bits per heavy atom. The molecule has 3 heterocycles. The lowest BCUT2D eigenvalue weighted by molar-refractivity contribution is -0.136. The van der Waals surface area contributed by atoms with Crippen molar-refractivity contribution in [2.75, 3.05) is 13.1 Å². The van der Waals surface area contributed by atoms with Gasteiger partial charge in [0, 0.05) is 44.2 Å². The molecule has 1 saturated carbocycles. The van der Waals surface area contributed by atoms with E-state index in [-0.39, 0.29) is 24.1 Å². The molecule has 3 atom stereocenters. The Morgan fingerprint density at radius 2 is 1.74 bits per heavy atom. The lowest BCUT2D eigenvalue weighted by atomic mass is 9.77. The van der Waals surface area contributed by atoms with Gasteiger partial charge in [-0.05, 0) is 48.3 Å². The van der Waals surface area contributed by atoms with Gasteiger partial charge in [0.1, 0.15) is 6.04 Å². The Balaban J connectivity index is 1.29. The van der Waals surface area contributed by atoms with Crippen molar-refractivity contribution in [3.8, 4) is 0 Å². The van der Waals surface area contributed by atoms with Gasteiger partial charge in [-0.3, -0.25) is 24.6 Å². The van der Waals surface area contributed by atoms with Gasteiger partial charge in [0.05, 0.1) is 0 Å². The molecular weight excluding hydrogens is 392 g/mol. The van der Waals surface area contributed by atoms with Crippen LogP contribution in [0, 0.1) is 11.8 Å². The van der Waals surface area contributed by atoms with Crippen LogP contribution in [-0.4, -0.2) is 52.7 Å². The zero-order chi connectivity index (χ0) is 21.5. The summed E-state index contributed by atoms with van der Waals surface area (Å²) in [6, 6.07) is 5.91. The molecule has 3 aliphatic heterocycles. The van der Waals surface area contributed by atoms with Gasteiger partial charge in [-0.2, -0.15) is 0 Å². The molecule has 31 heavy (non-hydrogen) atoms. The van der Waals surface area contributed by atoms with Gasteiger partial charge >= 0.3 is 0 Å². The van der Waals surface area contributed by atoms with E-state index in [0.717, 1.165) is 30.8 Å². The van der Waals surface area contributed by atoms with Crippen LogP contribution in [0.3, 0.4) is 0 Å². The smallest absolute Gasteiger partial charge is 0.255 e. The molecule has 0 radical (unpaired) electrons. The minimum Gasteiger partial charge on any atom is -0.327 e. The van der Waals surface area contributed by atoms with Crippen molar-refractivity contribution in [1.29, 1.82) is 0 Å². The summed E-state index contributed by atoms with van der Waals surface area (Å²) < 4.78 is 0. The van der Waals surface area contributed by atoms with Crippen LogP contribution < -0.4 is 11.1 Å². The predicted octanol–water partition coefficient (Wildman–Crippen LogP) is 1.79. The second-order valence-corrected chi connectivity index (χ2v) is 9.82. The van der Waals surface area contributed by atoms with E-state index < -0.39 is 6.04 Å². The highest BCUT2D eigenvalue weighted by molar-refractivity contribution is 6.05. The third-order valence-corrected chi connectivity index (χ3v) is 7.72. The Bertz CT molecular complexity index is 885. The number of nitrogens with zero attached hydrogens (tertiary/aromatic N) is 2. The van der Waals surface area contributed by atoms with E-state index in [1.54, 1.807) is 4.90 Å². The number of likely N-dealkylation sites (tertiary alicyclic amines) is 1. The van der Waals surface area contributed by atoms with Crippen molar-refractivity contribution in [2.45, 2.75) is 70.1 Å². The first-order chi connectivity index (χ1) is 15.0. The summed E-state index contributed by atoms with van der Waals surface area (Å²) in [5.41, 5.74) is 9.38. The van der Waals surface area contributed by atoms with E-state index in [1.165, 1.54) is 32.1 Å². The molecule has 2 saturated heterocycles. The number of nitrogens with two attached hydrogens (primary N) is 1.